The van der Waals surface area contributed by atoms with Gasteiger partial charge in [0.2, 0.25) is 5.95 Å². The van der Waals surface area contributed by atoms with Crippen LogP contribution in [0.25, 0.3) is 11.0 Å². The zero-order valence-corrected chi connectivity index (χ0v) is 26.3. The van der Waals surface area contributed by atoms with Crippen LogP contribution in [-0.4, -0.2) is 70.1 Å². The number of amides is 1. The van der Waals surface area contributed by atoms with E-state index in [1.54, 1.807) is 7.11 Å². The number of nitrogens with zero attached hydrogens (tertiary/aromatic N) is 4. The second kappa shape index (κ2) is 13.9. The van der Waals surface area contributed by atoms with E-state index in [0.717, 1.165) is 61.5 Å². The summed E-state index contributed by atoms with van der Waals surface area (Å²) in [7, 11) is 3.64. The van der Waals surface area contributed by atoms with E-state index in [1.165, 1.54) is 16.7 Å². The quantitative estimate of drug-likeness (QED) is 0.174. The number of nitrogens with one attached hydrogen (secondary N) is 2. The van der Waals surface area contributed by atoms with Crippen molar-refractivity contribution in [3.63, 3.8) is 0 Å². The summed E-state index contributed by atoms with van der Waals surface area (Å²) in [6.07, 6.45) is 7.19. The highest BCUT2D eigenvalue weighted by molar-refractivity contribution is 5.94. The van der Waals surface area contributed by atoms with E-state index in [-0.39, 0.29) is 24.0 Å². The number of carbonyl (C=O) groups is 1. The van der Waals surface area contributed by atoms with Crippen molar-refractivity contribution >= 4 is 22.9 Å². The number of hydrogen-bond donors (Lipinski definition) is 2. The number of hydrogen-bond acceptors (Lipinski definition) is 6. The third-order valence-electron chi connectivity index (χ3n) is 9.07. The number of aromatic amines is 1. The number of fused-ring (bicyclic) bond motifs is 1. The summed E-state index contributed by atoms with van der Waals surface area (Å²) >= 11 is 0. The Balaban J connectivity index is 1.18. The predicted molar refractivity (Wildman–Crippen MR) is 180 cm³/mol. The van der Waals surface area contributed by atoms with Gasteiger partial charge in [-0.25, -0.2) is 4.98 Å². The minimum atomic E-state index is -0.0843. The van der Waals surface area contributed by atoms with Gasteiger partial charge < -0.3 is 19.9 Å². The highest BCUT2D eigenvalue weighted by Gasteiger charge is 2.36. The van der Waals surface area contributed by atoms with E-state index < -0.39 is 0 Å². The molecule has 2 unspecified atom stereocenters. The van der Waals surface area contributed by atoms with Crippen molar-refractivity contribution < 1.29 is 9.53 Å². The number of likely N-dealkylation sites (tertiary alicyclic amines) is 1. The van der Waals surface area contributed by atoms with Crippen molar-refractivity contribution in [3.05, 3.63) is 120 Å². The minimum Gasteiger partial charge on any atom is -0.497 e. The smallest absolute Gasteiger partial charge is 0.254 e. The van der Waals surface area contributed by atoms with Crippen molar-refractivity contribution in [2.45, 2.75) is 50.7 Å². The zero-order chi connectivity index (χ0) is 31.2. The van der Waals surface area contributed by atoms with Crippen LogP contribution < -0.4 is 10.1 Å². The number of para-hydroxylation sites is 1. The number of ether oxygens (including phenoxy) is 1. The van der Waals surface area contributed by atoms with Crippen molar-refractivity contribution in [2.75, 3.05) is 32.6 Å². The maximum Gasteiger partial charge on any atom is 0.254 e. The van der Waals surface area contributed by atoms with Gasteiger partial charge in [0.1, 0.15) is 5.75 Å². The molecule has 0 spiro atoms. The molecule has 45 heavy (non-hydrogen) atoms. The number of rotatable bonds is 11. The lowest BCUT2D eigenvalue weighted by Gasteiger charge is -2.45. The van der Waals surface area contributed by atoms with Crippen LogP contribution in [0.3, 0.4) is 0 Å². The third kappa shape index (κ3) is 6.86. The molecule has 0 radical (unpaired) electrons. The van der Waals surface area contributed by atoms with Gasteiger partial charge in [-0.15, -0.1) is 0 Å². The average molecular weight is 603 g/mol. The normalized spacial score (nSPS) is 15.4. The van der Waals surface area contributed by atoms with Gasteiger partial charge in [-0.2, -0.15) is 0 Å². The highest BCUT2D eigenvalue weighted by atomic mass is 16.5. The van der Waals surface area contributed by atoms with Crippen molar-refractivity contribution in [3.8, 4) is 5.75 Å². The van der Waals surface area contributed by atoms with Crippen LogP contribution in [-0.2, 0) is 6.42 Å². The number of aromatic nitrogens is 3. The number of likely N-dealkylation sites (N-methyl/N-ethyl adjacent to an activating group) is 1. The Hall–Kier alpha value is -4.69. The molecule has 232 valence electrons. The second-order valence-electron chi connectivity index (χ2n) is 11.9. The fourth-order valence-corrected chi connectivity index (χ4v) is 6.67. The standard InChI is InChI=1S/C37H42N6O2/c1-4-32(27-13-15-31(45-3)16-14-27)35(42(2)36(44)28-9-6-5-7-10-28)43-23-19-30(20-24-43)39-37-40-33-12-8-11-29(34(33)41-37)25-26-17-21-38-22-18-26/h5-18,21-22,30,32,35H,4,19-20,23-25H2,1-3H3,(H2,39,40,41). The SMILES string of the molecule is CCC(c1ccc(OC)cc1)C(N1CCC(Nc2nc3c(Cc4ccncc4)cccc3[nH]2)CC1)N(C)C(=O)c1ccccc1. The van der Waals surface area contributed by atoms with Gasteiger partial charge >= 0.3 is 0 Å². The van der Waals surface area contributed by atoms with E-state index >= 15 is 0 Å². The molecule has 3 heterocycles. The van der Waals surface area contributed by atoms with Crippen LogP contribution in [0.5, 0.6) is 5.75 Å². The van der Waals surface area contributed by atoms with Gasteiger partial charge in [0, 0.05) is 50.1 Å². The van der Waals surface area contributed by atoms with Crippen LogP contribution in [0.15, 0.2) is 97.3 Å². The second-order valence-corrected chi connectivity index (χ2v) is 11.9. The number of imidazole rings is 1. The molecular formula is C37H42N6O2. The lowest BCUT2D eigenvalue weighted by molar-refractivity contribution is 0.0201. The summed E-state index contributed by atoms with van der Waals surface area (Å²) in [5.41, 5.74) is 6.36. The molecular weight excluding hydrogens is 560 g/mol. The Labute approximate surface area is 265 Å². The number of methoxy groups -OCH3 is 1. The molecule has 2 aromatic heterocycles. The van der Waals surface area contributed by atoms with Gasteiger partial charge in [0.15, 0.2) is 0 Å². The third-order valence-corrected chi connectivity index (χ3v) is 9.07. The van der Waals surface area contributed by atoms with Gasteiger partial charge in [0.25, 0.3) is 5.91 Å². The molecule has 1 fully saturated rings. The molecule has 1 amide bonds. The predicted octanol–water partition coefficient (Wildman–Crippen LogP) is 6.73. The largest absolute Gasteiger partial charge is 0.497 e. The first-order valence-electron chi connectivity index (χ1n) is 15.9. The molecule has 1 aliphatic heterocycles. The lowest BCUT2D eigenvalue weighted by atomic mass is 9.90. The Morgan fingerprint density at radius 1 is 1.00 bits per heavy atom. The molecule has 2 N–H and O–H groups in total. The van der Waals surface area contributed by atoms with E-state index in [2.05, 4.69) is 57.4 Å². The topological polar surface area (TPSA) is 86.4 Å². The van der Waals surface area contributed by atoms with Crippen LogP contribution >= 0.6 is 0 Å². The van der Waals surface area contributed by atoms with Crippen molar-refractivity contribution in [2.24, 2.45) is 0 Å². The first-order valence-corrected chi connectivity index (χ1v) is 15.9. The Morgan fingerprint density at radius 2 is 1.73 bits per heavy atom. The molecule has 3 aromatic carbocycles. The maximum absolute atomic E-state index is 13.8. The zero-order valence-electron chi connectivity index (χ0n) is 26.3. The summed E-state index contributed by atoms with van der Waals surface area (Å²) in [5.74, 6) is 1.83. The van der Waals surface area contributed by atoms with Gasteiger partial charge in [-0.1, -0.05) is 49.4 Å². The summed E-state index contributed by atoms with van der Waals surface area (Å²) in [6, 6.07) is 28.6. The number of piperidine rings is 1. The van der Waals surface area contributed by atoms with Crippen LogP contribution in [0, 0.1) is 0 Å². The molecule has 2 atom stereocenters. The molecule has 0 saturated carbocycles. The fraction of sp³-hybridized carbons (Fsp3) is 0.324. The molecule has 8 heteroatoms. The van der Waals surface area contributed by atoms with Crippen LogP contribution in [0.2, 0.25) is 0 Å². The van der Waals surface area contributed by atoms with Crippen molar-refractivity contribution in [1.82, 2.24) is 24.8 Å². The van der Waals surface area contributed by atoms with Gasteiger partial charge in [-0.3, -0.25) is 14.7 Å². The monoisotopic (exact) mass is 602 g/mol. The molecule has 8 nitrogen and oxygen atoms in total. The van der Waals surface area contributed by atoms with Crippen LogP contribution in [0.1, 0.15) is 59.2 Å². The lowest BCUT2D eigenvalue weighted by Crippen LogP contribution is -2.55. The van der Waals surface area contributed by atoms with Gasteiger partial charge in [-0.05, 0) is 84.8 Å². The Morgan fingerprint density at radius 3 is 2.42 bits per heavy atom. The molecule has 5 aromatic rings. The summed E-state index contributed by atoms with van der Waals surface area (Å²) < 4.78 is 5.42. The maximum atomic E-state index is 13.8. The highest BCUT2D eigenvalue weighted by Crippen LogP contribution is 2.33. The molecule has 1 saturated heterocycles. The number of anilines is 1. The summed E-state index contributed by atoms with van der Waals surface area (Å²) in [4.78, 5) is 30.8. The fourth-order valence-electron chi connectivity index (χ4n) is 6.67. The molecule has 1 aliphatic rings. The van der Waals surface area contributed by atoms with Gasteiger partial charge in [0.05, 0.1) is 24.3 Å². The Kier molecular flexibility index (Phi) is 9.41. The Bertz CT molecular complexity index is 1680. The van der Waals surface area contributed by atoms with Crippen molar-refractivity contribution in [1.29, 1.82) is 0 Å². The minimum absolute atomic E-state index is 0.0395. The number of H-pyrrole nitrogens is 1. The number of pyridine rings is 1. The summed E-state index contributed by atoms with van der Waals surface area (Å²) in [5, 5.41) is 3.69. The molecule has 6 rings (SSSR count). The average Bonchev–Trinajstić information content (AvgIpc) is 3.51. The van der Waals surface area contributed by atoms with Crippen LogP contribution in [0.4, 0.5) is 5.95 Å². The molecule has 0 bridgehead atoms. The first kappa shape index (κ1) is 30.3. The molecule has 0 aliphatic carbocycles. The number of carbonyl (C=O) groups excluding carboxylic acids is 1. The summed E-state index contributed by atoms with van der Waals surface area (Å²) in [6.45, 7) is 3.95. The first-order chi connectivity index (χ1) is 22.0. The van der Waals surface area contributed by atoms with E-state index in [1.807, 2.05) is 78.9 Å². The van der Waals surface area contributed by atoms with E-state index in [4.69, 9.17) is 9.72 Å². The van der Waals surface area contributed by atoms with E-state index in [0.29, 0.717) is 5.56 Å². The number of benzene rings is 3. The van der Waals surface area contributed by atoms with E-state index in [9.17, 15) is 4.79 Å².